The molecule has 190 valence electrons. The van der Waals surface area contributed by atoms with Crippen LogP contribution in [-0.4, -0.2) is 64.1 Å². The second-order valence-electron chi connectivity index (χ2n) is 8.93. The fourth-order valence-corrected chi connectivity index (χ4v) is 7.48. The van der Waals surface area contributed by atoms with Gasteiger partial charge in [0.25, 0.3) is 0 Å². The number of piperidine rings is 1. The average Bonchev–Trinajstić information content (AvgIpc) is 3.41. The molecule has 2 aliphatic rings. The molecule has 0 saturated carbocycles. The van der Waals surface area contributed by atoms with Crippen molar-refractivity contribution in [2.45, 2.75) is 41.9 Å². The van der Waals surface area contributed by atoms with E-state index in [0.29, 0.717) is 38.9 Å². The lowest BCUT2D eigenvalue weighted by molar-refractivity contribution is -0.126. The van der Waals surface area contributed by atoms with Crippen LogP contribution in [0, 0.1) is 11.7 Å². The van der Waals surface area contributed by atoms with Crippen LogP contribution in [0.2, 0.25) is 0 Å². The van der Waals surface area contributed by atoms with Crippen molar-refractivity contribution in [3.8, 4) is 0 Å². The van der Waals surface area contributed by atoms with Gasteiger partial charge in [0.15, 0.2) is 0 Å². The van der Waals surface area contributed by atoms with E-state index in [1.165, 1.54) is 20.7 Å². The van der Waals surface area contributed by atoms with Crippen molar-refractivity contribution in [2.75, 3.05) is 32.7 Å². The fourth-order valence-electron chi connectivity index (χ4n) is 4.49. The summed E-state index contributed by atoms with van der Waals surface area (Å²) in [6.45, 7) is 1.99. The number of rotatable bonds is 8. The summed E-state index contributed by atoms with van der Waals surface area (Å²) in [6, 6.07) is 11.5. The van der Waals surface area contributed by atoms with Crippen LogP contribution >= 0.6 is 0 Å². The Morgan fingerprint density at radius 1 is 0.800 bits per heavy atom. The van der Waals surface area contributed by atoms with E-state index in [2.05, 4.69) is 5.32 Å². The maximum Gasteiger partial charge on any atom is 0.243 e. The van der Waals surface area contributed by atoms with Crippen molar-refractivity contribution < 1.29 is 26.0 Å². The summed E-state index contributed by atoms with van der Waals surface area (Å²) in [7, 11) is -7.15. The van der Waals surface area contributed by atoms with Crippen LogP contribution in [0.4, 0.5) is 4.39 Å². The Hall–Kier alpha value is -2.34. The second-order valence-corrected chi connectivity index (χ2v) is 12.8. The van der Waals surface area contributed by atoms with E-state index in [-0.39, 0.29) is 34.7 Å². The van der Waals surface area contributed by atoms with Crippen LogP contribution in [-0.2, 0) is 31.3 Å². The number of amides is 1. The Morgan fingerprint density at radius 3 is 1.83 bits per heavy atom. The Morgan fingerprint density at radius 2 is 1.29 bits per heavy atom. The van der Waals surface area contributed by atoms with Gasteiger partial charge in [0.05, 0.1) is 9.79 Å². The highest BCUT2D eigenvalue weighted by Crippen LogP contribution is 2.24. The van der Waals surface area contributed by atoms with Gasteiger partial charge < -0.3 is 5.32 Å². The molecule has 0 bridgehead atoms. The molecule has 2 heterocycles. The van der Waals surface area contributed by atoms with Crippen molar-refractivity contribution >= 4 is 26.0 Å². The number of nitrogens with one attached hydrogen (secondary N) is 1. The predicted molar refractivity (Wildman–Crippen MR) is 129 cm³/mol. The molecular formula is C24H30FN3O5S2. The Kier molecular flexibility index (Phi) is 7.89. The Labute approximate surface area is 206 Å². The molecule has 0 aliphatic carbocycles. The van der Waals surface area contributed by atoms with E-state index in [1.807, 2.05) is 0 Å². The van der Waals surface area contributed by atoms with Crippen LogP contribution in [0.25, 0.3) is 0 Å². The van der Waals surface area contributed by atoms with Gasteiger partial charge >= 0.3 is 0 Å². The zero-order valence-electron chi connectivity index (χ0n) is 19.4. The minimum atomic E-state index is -3.71. The van der Waals surface area contributed by atoms with Crippen molar-refractivity contribution in [2.24, 2.45) is 5.92 Å². The predicted octanol–water partition coefficient (Wildman–Crippen LogP) is 2.37. The number of halogens is 1. The SMILES string of the molecule is O=C(NCCc1ccc(S(=O)(=O)N2CCCC2)cc1)C1CCN(S(=O)(=O)c2ccc(F)cc2)CC1. The second kappa shape index (κ2) is 10.7. The molecule has 11 heteroatoms. The number of hydrogen-bond donors (Lipinski definition) is 1. The molecule has 2 aliphatic heterocycles. The average molecular weight is 524 g/mol. The van der Waals surface area contributed by atoms with Gasteiger partial charge in [-0.25, -0.2) is 21.2 Å². The molecule has 1 amide bonds. The van der Waals surface area contributed by atoms with Crippen LogP contribution in [0.1, 0.15) is 31.2 Å². The van der Waals surface area contributed by atoms with Gasteiger partial charge in [-0.3, -0.25) is 4.79 Å². The van der Waals surface area contributed by atoms with Gasteiger partial charge in [-0.1, -0.05) is 12.1 Å². The maximum absolute atomic E-state index is 13.1. The number of benzene rings is 2. The maximum atomic E-state index is 13.1. The normalized spacial score (nSPS) is 18.5. The highest BCUT2D eigenvalue weighted by molar-refractivity contribution is 7.89. The molecule has 0 unspecified atom stereocenters. The molecule has 0 spiro atoms. The summed E-state index contributed by atoms with van der Waals surface area (Å²) in [5.41, 5.74) is 0.922. The Balaban J connectivity index is 1.24. The van der Waals surface area contributed by atoms with E-state index in [4.69, 9.17) is 0 Å². The summed E-state index contributed by atoms with van der Waals surface area (Å²) < 4.78 is 66.6. The molecule has 0 radical (unpaired) electrons. The van der Waals surface area contributed by atoms with Gasteiger partial charge in [-0.2, -0.15) is 8.61 Å². The highest BCUT2D eigenvalue weighted by atomic mass is 32.2. The van der Waals surface area contributed by atoms with E-state index in [9.17, 15) is 26.0 Å². The Bertz CT molecular complexity index is 1240. The van der Waals surface area contributed by atoms with Crippen LogP contribution in [0.5, 0.6) is 0 Å². The van der Waals surface area contributed by atoms with E-state index in [0.717, 1.165) is 30.5 Å². The number of hydrogen-bond acceptors (Lipinski definition) is 5. The third-order valence-electron chi connectivity index (χ3n) is 6.62. The number of carbonyl (C=O) groups excluding carboxylic acids is 1. The molecule has 2 fully saturated rings. The lowest BCUT2D eigenvalue weighted by Gasteiger charge is -2.30. The molecule has 35 heavy (non-hydrogen) atoms. The molecule has 0 aromatic heterocycles. The molecule has 2 aromatic carbocycles. The summed E-state index contributed by atoms with van der Waals surface area (Å²) in [4.78, 5) is 12.9. The first-order chi connectivity index (χ1) is 16.7. The fraction of sp³-hybridized carbons (Fsp3) is 0.458. The van der Waals surface area contributed by atoms with Gasteiger partial charge in [-0.15, -0.1) is 0 Å². The van der Waals surface area contributed by atoms with Crippen LogP contribution in [0.15, 0.2) is 58.3 Å². The first-order valence-corrected chi connectivity index (χ1v) is 14.7. The van der Waals surface area contributed by atoms with Crippen LogP contribution < -0.4 is 5.32 Å². The van der Waals surface area contributed by atoms with Crippen molar-refractivity contribution in [1.82, 2.24) is 13.9 Å². The van der Waals surface area contributed by atoms with Gasteiger partial charge in [0.2, 0.25) is 26.0 Å². The smallest absolute Gasteiger partial charge is 0.243 e. The monoisotopic (exact) mass is 523 g/mol. The zero-order valence-corrected chi connectivity index (χ0v) is 21.0. The molecule has 2 saturated heterocycles. The first-order valence-electron chi connectivity index (χ1n) is 11.8. The molecule has 8 nitrogen and oxygen atoms in total. The molecule has 0 atom stereocenters. The third kappa shape index (κ3) is 5.91. The van der Waals surface area contributed by atoms with Gasteiger partial charge in [-0.05, 0) is 74.1 Å². The topological polar surface area (TPSA) is 104 Å². The van der Waals surface area contributed by atoms with E-state index in [1.54, 1.807) is 24.3 Å². The van der Waals surface area contributed by atoms with Crippen molar-refractivity contribution in [3.63, 3.8) is 0 Å². The zero-order chi connectivity index (χ0) is 25.1. The summed E-state index contributed by atoms with van der Waals surface area (Å²) in [6.07, 6.45) is 3.17. The number of nitrogens with zero attached hydrogens (tertiary/aromatic N) is 2. The number of sulfonamides is 2. The molecular weight excluding hydrogens is 493 g/mol. The lowest BCUT2D eigenvalue weighted by atomic mass is 9.97. The lowest BCUT2D eigenvalue weighted by Crippen LogP contribution is -2.43. The third-order valence-corrected chi connectivity index (χ3v) is 10.4. The summed E-state index contributed by atoms with van der Waals surface area (Å²) in [5.74, 6) is -0.887. The molecule has 1 N–H and O–H groups in total. The minimum absolute atomic E-state index is 0.0426. The largest absolute Gasteiger partial charge is 0.356 e. The highest BCUT2D eigenvalue weighted by Gasteiger charge is 2.32. The van der Waals surface area contributed by atoms with Gasteiger partial charge in [0, 0.05) is 38.6 Å². The molecule has 4 rings (SSSR count). The molecule has 2 aromatic rings. The number of carbonyl (C=O) groups is 1. The quantitative estimate of drug-likeness (QED) is 0.572. The van der Waals surface area contributed by atoms with Crippen LogP contribution in [0.3, 0.4) is 0 Å². The van der Waals surface area contributed by atoms with E-state index >= 15 is 0 Å². The van der Waals surface area contributed by atoms with Crippen molar-refractivity contribution in [1.29, 1.82) is 0 Å². The summed E-state index contributed by atoms with van der Waals surface area (Å²) in [5, 5.41) is 2.91. The van der Waals surface area contributed by atoms with E-state index < -0.39 is 25.9 Å². The van der Waals surface area contributed by atoms with Gasteiger partial charge in [0.1, 0.15) is 5.82 Å². The first kappa shape index (κ1) is 25.7. The minimum Gasteiger partial charge on any atom is -0.356 e. The summed E-state index contributed by atoms with van der Waals surface area (Å²) >= 11 is 0. The standard InChI is InChI=1S/C24H30FN3O5S2/c25-21-5-9-23(10-6-21)35(32,33)28-17-12-20(13-18-28)24(29)26-14-11-19-3-7-22(8-4-19)34(30,31)27-15-1-2-16-27/h3-10,20H,1-2,11-18H2,(H,26,29). The van der Waals surface area contributed by atoms with Crippen molar-refractivity contribution in [3.05, 3.63) is 59.9 Å².